The molecule has 1 heterocycles. The molecule has 4 heteroatoms. The molecule has 100 valence electrons. The fourth-order valence-corrected chi connectivity index (χ4v) is 2.21. The Morgan fingerprint density at radius 1 is 1.35 bits per heavy atom. The van der Waals surface area contributed by atoms with Crippen molar-refractivity contribution >= 4 is 5.91 Å². The summed E-state index contributed by atoms with van der Waals surface area (Å²) in [5.41, 5.74) is 5.63. The standard InChI is InChI=1S/C13H27N3O/c1-12(14)6-4-7-13(17)15-8-5-11-16-9-2-3-10-16/h12H,2-11,14H2,1H3,(H,15,17). The molecule has 1 rings (SSSR count). The molecule has 0 saturated carbocycles. The van der Waals surface area contributed by atoms with Gasteiger partial charge in [0.2, 0.25) is 5.91 Å². The second kappa shape index (κ2) is 8.48. The monoisotopic (exact) mass is 241 g/mol. The summed E-state index contributed by atoms with van der Waals surface area (Å²) < 4.78 is 0. The molecule has 0 aromatic heterocycles. The van der Waals surface area contributed by atoms with E-state index in [-0.39, 0.29) is 11.9 Å². The van der Waals surface area contributed by atoms with E-state index in [0.717, 1.165) is 32.4 Å². The molecule has 0 bridgehead atoms. The van der Waals surface area contributed by atoms with Gasteiger partial charge in [0.15, 0.2) is 0 Å². The first-order valence-corrected chi connectivity index (χ1v) is 6.93. The Balaban J connectivity index is 1.89. The highest BCUT2D eigenvalue weighted by Gasteiger charge is 2.10. The fourth-order valence-electron chi connectivity index (χ4n) is 2.21. The predicted molar refractivity (Wildman–Crippen MR) is 70.8 cm³/mol. The van der Waals surface area contributed by atoms with Crippen LogP contribution in [0.3, 0.4) is 0 Å². The van der Waals surface area contributed by atoms with E-state index in [9.17, 15) is 4.79 Å². The van der Waals surface area contributed by atoms with Crippen molar-refractivity contribution in [2.75, 3.05) is 26.2 Å². The second-order valence-corrected chi connectivity index (χ2v) is 5.12. The fraction of sp³-hybridized carbons (Fsp3) is 0.923. The van der Waals surface area contributed by atoms with E-state index in [2.05, 4.69) is 10.2 Å². The normalized spacial score (nSPS) is 18.2. The van der Waals surface area contributed by atoms with E-state index < -0.39 is 0 Å². The maximum absolute atomic E-state index is 11.5. The zero-order valence-corrected chi connectivity index (χ0v) is 11.1. The number of hydrogen-bond acceptors (Lipinski definition) is 3. The molecular weight excluding hydrogens is 214 g/mol. The molecule has 1 aliphatic rings. The number of carbonyl (C=O) groups excluding carboxylic acids is 1. The Kier molecular flexibility index (Phi) is 7.21. The largest absolute Gasteiger partial charge is 0.356 e. The van der Waals surface area contributed by atoms with Gasteiger partial charge in [-0.1, -0.05) is 0 Å². The van der Waals surface area contributed by atoms with Gasteiger partial charge in [0, 0.05) is 19.0 Å². The van der Waals surface area contributed by atoms with E-state index >= 15 is 0 Å². The van der Waals surface area contributed by atoms with Crippen molar-refractivity contribution in [1.82, 2.24) is 10.2 Å². The number of amides is 1. The van der Waals surface area contributed by atoms with Crippen LogP contribution < -0.4 is 11.1 Å². The van der Waals surface area contributed by atoms with E-state index in [1.54, 1.807) is 0 Å². The summed E-state index contributed by atoms with van der Waals surface area (Å²) in [5.74, 6) is 0.173. The van der Waals surface area contributed by atoms with E-state index in [4.69, 9.17) is 5.73 Å². The molecule has 0 aromatic carbocycles. The Bertz CT molecular complexity index is 213. The van der Waals surface area contributed by atoms with Gasteiger partial charge in [0.1, 0.15) is 0 Å². The topological polar surface area (TPSA) is 58.4 Å². The minimum atomic E-state index is 0.173. The summed E-state index contributed by atoms with van der Waals surface area (Å²) in [6, 6.07) is 0.206. The molecule has 17 heavy (non-hydrogen) atoms. The zero-order valence-electron chi connectivity index (χ0n) is 11.1. The van der Waals surface area contributed by atoms with Crippen LogP contribution in [0.1, 0.15) is 45.4 Å². The lowest BCUT2D eigenvalue weighted by atomic mass is 10.1. The molecule has 1 fully saturated rings. The number of nitrogens with one attached hydrogen (secondary N) is 1. The van der Waals surface area contributed by atoms with E-state index in [0.29, 0.717) is 6.42 Å². The van der Waals surface area contributed by atoms with Crippen molar-refractivity contribution in [1.29, 1.82) is 0 Å². The van der Waals surface area contributed by atoms with Crippen LogP contribution in [-0.4, -0.2) is 43.0 Å². The third kappa shape index (κ3) is 7.34. The maximum atomic E-state index is 11.5. The number of rotatable bonds is 8. The number of likely N-dealkylation sites (tertiary alicyclic amines) is 1. The highest BCUT2D eigenvalue weighted by molar-refractivity contribution is 5.75. The Hall–Kier alpha value is -0.610. The summed E-state index contributed by atoms with van der Waals surface area (Å²) in [4.78, 5) is 13.9. The van der Waals surface area contributed by atoms with Crippen LogP contribution in [0.4, 0.5) is 0 Å². The lowest BCUT2D eigenvalue weighted by Gasteiger charge is -2.14. The van der Waals surface area contributed by atoms with Gasteiger partial charge < -0.3 is 16.0 Å². The molecule has 1 amide bonds. The molecule has 1 unspecified atom stereocenters. The predicted octanol–water partition coefficient (Wildman–Crippen LogP) is 1.11. The van der Waals surface area contributed by atoms with Crippen LogP contribution in [-0.2, 0) is 4.79 Å². The SMILES string of the molecule is CC(N)CCCC(=O)NCCCN1CCCC1. The van der Waals surface area contributed by atoms with Gasteiger partial charge in [0.05, 0.1) is 0 Å². The molecule has 0 spiro atoms. The lowest BCUT2D eigenvalue weighted by Crippen LogP contribution is -2.28. The van der Waals surface area contributed by atoms with Gasteiger partial charge >= 0.3 is 0 Å². The van der Waals surface area contributed by atoms with Crippen molar-refractivity contribution in [2.24, 2.45) is 5.73 Å². The number of hydrogen-bond donors (Lipinski definition) is 2. The highest BCUT2D eigenvalue weighted by Crippen LogP contribution is 2.06. The summed E-state index contributed by atoms with van der Waals surface area (Å²) in [6.07, 6.45) is 6.19. The van der Waals surface area contributed by atoms with Crippen LogP contribution in [0, 0.1) is 0 Å². The Morgan fingerprint density at radius 2 is 2.06 bits per heavy atom. The quantitative estimate of drug-likeness (QED) is 0.626. The first-order valence-electron chi connectivity index (χ1n) is 6.93. The molecule has 0 aliphatic carbocycles. The minimum Gasteiger partial charge on any atom is -0.356 e. The Labute approximate surface area is 105 Å². The smallest absolute Gasteiger partial charge is 0.219 e. The molecule has 1 saturated heterocycles. The molecule has 1 atom stereocenters. The average Bonchev–Trinajstić information content (AvgIpc) is 2.76. The van der Waals surface area contributed by atoms with Crippen LogP contribution in [0.25, 0.3) is 0 Å². The number of carbonyl (C=O) groups is 1. The maximum Gasteiger partial charge on any atom is 0.219 e. The van der Waals surface area contributed by atoms with Crippen LogP contribution in [0.15, 0.2) is 0 Å². The van der Waals surface area contributed by atoms with E-state index in [1.807, 2.05) is 6.92 Å². The van der Waals surface area contributed by atoms with Crippen molar-refractivity contribution in [2.45, 2.75) is 51.5 Å². The van der Waals surface area contributed by atoms with Gasteiger partial charge in [0.25, 0.3) is 0 Å². The molecular formula is C13H27N3O. The summed E-state index contributed by atoms with van der Waals surface area (Å²) in [5, 5.41) is 2.97. The van der Waals surface area contributed by atoms with Crippen molar-refractivity contribution in [3.8, 4) is 0 Å². The van der Waals surface area contributed by atoms with Crippen molar-refractivity contribution < 1.29 is 4.79 Å². The molecule has 0 radical (unpaired) electrons. The van der Waals surface area contributed by atoms with E-state index in [1.165, 1.54) is 25.9 Å². The molecule has 4 nitrogen and oxygen atoms in total. The number of nitrogens with zero attached hydrogens (tertiary/aromatic N) is 1. The van der Waals surface area contributed by atoms with Crippen molar-refractivity contribution in [3.63, 3.8) is 0 Å². The summed E-state index contributed by atoms with van der Waals surface area (Å²) in [6.45, 7) is 6.40. The van der Waals surface area contributed by atoms with Crippen LogP contribution in [0.2, 0.25) is 0 Å². The van der Waals surface area contributed by atoms with Gasteiger partial charge in [-0.15, -0.1) is 0 Å². The zero-order chi connectivity index (χ0) is 12.5. The van der Waals surface area contributed by atoms with Crippen LogP contribution >= 0.6 is 0 Å². The molecule has 3 N–H and O–H groups in total. The third-order valence-corrected chi connectivity index (χ3v) is 3.24. The van der Waals surface area contributed by atoms with Gasteiger partial charge in [-0.2, -0.15) is 0 Å². The summed E-state index contributed by atoms with van der Waals surface area (Å²) in [7, 11) is 0. The van der Waals surface area contributed by atoms with Gasteiger partial charge in [-0.25, -0.2) is 0 Å². The highest BCUT2D eigenvalue weighted by atomic mass is 16.1. The first-order chi connectivity index (χ1) is 8.18. The van der Waals surface area contributed by atoms with Gasteiger partial charge in [-0.3, -0.25) is 4.79 Å². The third-order valence-electron chi connectivity index (χ3n) is 3.24. The molecule has 1 aliphatic heterocycles. The number of nitrogens with two attached hydrogens (primary N) is 1. The second-order valence-electron chi connectivity index (χ2n) is 5.12. The van der Waals surface area contributed by atoms with Gasteiger partial charge in [-0.05, 0) is 58.7 Å². The minimum absolute atomic E-state index is 0.173. The first kappa shape index (κ1) is 14.5. The summed E-state index contributed by atoms with van der Waals surface area (Å²) >= 11 is 0. The van der Waals surface area contributed by atoms with Crippen LogP contribution in [0.5, 0.6) is 0 Å². The Morgan fingerprint density at radius 3 is 2.71 bits per heavy atom. The molecule has 0 aromatic rings. The lowest BCUT2D eigenvalue weighted by molar-refractivity contribution is -0.121. The van der Waals surface area contributed by atoms with Crippen molar-refractivity contribution in [3.05, 3.63) is 0 Å². The average molecular weight is 241 g/mol.